The summed E-state index contributed by atoms with van der Waals surface area (Å²) in [5.74, 6) is -0.365. The molecule has 0 spiro atoms. The molecule has 0 bridgehead atoms. The van der Waals surface area contributed by atoms with E-state index >= 15 is 0 Å². The number of urea groups is 1. The van der Waals surface area contributed by atoms with Crippen LogP contribution in [0.3, 0.4) is 0 Å². The molecule has 2 rings (SSSR count). The summed E-state index contributed by atoms with van der Waals surface area (Å²) < 4.78 is 40.0. The first-order valence-corrected chi connectivity index (χ1v) is 6.36. The van der Waals surface area contributed by atoms with Crippen LogP contribution in [0.1, 0.15) is 25.7 Å². The van der Waals surface area contributed by atoms with Gasteiger partial charge < -0.3 is 15.4 Å². The number of ether oxygens (including phenoxy) is 1. The van der Waals surface area contributed by atoms with Crippen molar-refractivity contribution in [1.29, 1.82) is 0 Å². The van der Waals surface area contributed by atoms with E-state index in [9.17, 15) is 18.0 Å². The molecule has 0 aliphatic heterocycles. The van der Waals surface area contributed by atoms with E-state index in [2.05, 4.69) is 15.4 Å². The minimum absolute atomic E-state index is 0.143. The number of carbonyl (C=O) groups is 1. The van der Waals surface area contributed by atoms with Crippen LogP contribution >= 0.6 is 0 Å². The van der Waals surface area contributed by atoms with Crippen LogP contribution < -0.4 is 15.4 Å². The van der Waals surface area contributed by atoms with Gasteiger partial charge in [-0.25, -0.2) is 4.79 Å². The number of amides is 2. The standard InChI is InChI=1S/C13H15F3N2O2/c14-13(15,16)20-11-7-3-6-10(8-11)18-12(19)17-9-4-1-2-5-9/h3,6-9H,1-2,4-5H2,(H2,17,18,19). The maximum atomic E-state index is 12.1. The molecule has 0 aromatic heterocycles. The molecule has 0 heterocycles. The first-order chi connectivity index (χ1) is 9.42. The number of rotatable bonds is 3. The van der Waals surface area contributed by atoms with E-state index in [-0.39, 0.29) is 17.5 Å². The molecule has 2 amide bonds. The van der Waals surface area contributed by atoms with Crippen molar-refractivity contribution in [3.63, 3.8) is 0 Å². The molecule has 2 N–H and O–H groups in total. The van der Waals surface area contributed by atoms with Gasteiger partial charge in [0.15, 0.2) is 0 Å². The molecular formula is C13H15F3N2O2. The Morgan fingerprint density at radius 1 is 1.25 bits per heavy atom. The van der Waals surface area contributed by atoms with Gasteiger partial charge in [-0.3, -0.25) is 0 Å². The number of carbonyl (C=O) groups excluding carboxylic acids is 1. The summed E-state index contributed by atoms with van der Waals surface area (Å²) >= 11 is 0. The lowest BCUT2D eigenvalue weighted by Crippen LogP contribution is -2.36. The average molecular weight is 288 g/mol. The smallest absolute Gasteiger partial charge is 0.406 e. The predicted octanol–water partition coefficient (Wildman–Crippen LogP) is 3.65. The fourth-order valence-electron chi connectivity index (χ4n) is 2.19. The number of nitrogens with one attached hydrogen (secondary N) is 2. The van der Waals surface area contributed by atoms with Crippen LogP contribution in [0.5, 0.6) is 5.75 Å². The lowest BCUT2D eigenvalue weighted by Gasteiger charge is -2.14. The van der Waals surface area contributed by atoms with Crippen LogP contribution in [0.15, 0.2) is 24.3 Å². The molecule has 1 aliphatic carbocycles. The van der Waals surface area contributed by atoms with Crippen LogP contribution in [-0.4, -0.2) is 18.4 Å². The molecule has 1 aliphatic rings. The molecule has 1 aromatic carbocycles. The van der Waals surface area contributed by atoms with Crippen LogP contribution in [0.25, 0.3) is 0 Å². The Balaban J connectivity index is 1.91. The Kier molecular flexibility index (Phi) is 4.36. The third-order valence-electron chi connectivity index (χ3n) is 3.02. The van der Waals surface area contributed by atoms with Gasteiger partial charge in [-0.15, -0.1) is 13.2 Å². The second-order valence-electron chi connectivity index (χ2n) is 4.66. The molecule has 7 heteroatoms. The van der Waals surface area contributed by atoms with E-state index in [4.69, 9.17) is 0 Å². The second-order valence-corrected chi connectivity index (χ2v) is 4.66. The van der Waals surface area contributed by atoms with E-state index in [1.54, 1.807) is 0 Å². The number of anilines is 1. The summed E-state index contributed by atoms with van der Waals surface area (Å²) in [4.78, 5) is 11.7. The highest BCUT2D eigenvalue weighted by atomic mass is 19.4. The Morgan fingerprint density at radius 3 is 2.60 bits per heavy atom. The van der Waals surface area contributed by atoms with Gasteiger partial charge in [-0.2, -0.15) is 0 Å². The largest absolute Gasteiger partial charge is 0.573 e. The van der Waals surface area contributed by atoms with Gasteiger partial charge >= 0.3 is 12.4 Å². The summed E-state index contributed by atoms with van der Waals surface area (Å²) in [6.45, 7) is 0. The zero-order valence-corrected chi connectivity index (χ0v) is 10.7. The summed E-state index contributed by atoms with van der Waals surface area (Å²) in [5.41, 5.74) is 0.252. The molecule has 1 aromatic rings. The monoisotopic (exact) mass is 288 g/mol. The maximum Gasteiger partial charge on any atom is 0.573 e. The van der Waals surface area contributed by atoms with Crippen LogP contribution in [0, 0.1) is 0 Å². The molecule has 1 saturated carbocycles. The van der Waals surface area contributed by atoms with Gasteiger partial charge in [-0.1, -0.05) is 18.9 Å². The molecular weight excluding hydrogens is 273 g/mol. The van der Waals surface area contributed by atoms with Gasteiger partial charge in [0.2, 0.25) is 0 Å². The van der Waals surface area contributed by atoms with Gasteiger partial charge in [0.05, 0.1) is 0 Å². The Morgan fingerprint density at radius 2 is 1.95 bits per heavy atom. The van der Waals surface area contributed by atoms with Gasteiger partial charge in [0, 0.05) is 17.8 Å². The normalized spacial score (nSPS) is 15.9. The van der Waals surface area contributed by atoms with E-state index in [0.29, 0.717) is 0 Å². The molecule has 4 nitrogen and oxygen atoms in total. The molecule has 0 unspecified atom stereocenters. The fourth-order valence-corrected chi connectivity index (χ4v) is 2.19. The van der Waals surface area contributed by atoms with Crippen molar-refractivity contribution >= 4 is 11.7 Å². The zero-order valence-electron chi connectivity index (χ0n) is 10.7. The summed E-state index contributed by atoms with van der Waals surface area (Å²) in [6, 6.07) is 4.91. The lowest BCUT2D eigenvalue weighted by atomic mass is 10.2. The lowest BCUT2D eigenvalue weighted by molar-refractivity contribution is -0.274. The van der Waals surface area contributed by atoms with Crippen molar-refractivity contribution < 1.29 is 22.7 Å². The summed E-state index contributed by atoms with van der Waals surface area (Å²) in [6.07, 6.45) is -0.709. The first kappa shape index (κ1) is 14.5. The average Bonchev–Trinajstić information content (AvgIpc) is 2.79. The van der Waals surface area contributed by atoms with E-state index in [1.807, 2.05) is 0 Å². The van der Waals surface area contributed by atoms with Gasteiger partial charge in [0.1, 0.15) is 5.75 Å². The van der Waals surface area contributed by atoms with Gasteiger partial charge in [0.25, 0.3) is 0 Å². The van der Waals surface area contributed by atoms with Crippen molar-refractivity contribution in [1.82, 2.24) is 5.32 Å². The van der Waals surface area contributed by atoms with Crippen molar-refractivity contribution in [2.45, 2.75) is 38.1 Å². The maximum absolute atomic E-state index is 12.1. The number of hydrogen-bond donors (Lipinski definition) is 2. The second kappa shape index (κ2) is 6.02. The summed E-state index contributed by atoms with van der Waals surface area (Å²) in [5, 5.41) is 5.28. The fraction of sp³-hybridized carbons (Fsp3) is 0.462. The molecule has 110 valence electrons. The minimum Gasteiger partial charge on any atom is -0.406 e. The Hall–Kier alpha value is -1.92. The number of halogens is 3. The number of hydrogen-bond acceptors (Lipinski definition) is 2. The Bertz CT molecular complexity index is 471. The topological polar surface area (TPSA) is 50.4 Å². The highest BCUT2D eigenvalue weighted by Gasteiger charge is 2.31. The van der Waals surface area contributed by atoms with E-state index in [1.165, 1.54) is 18.2 Å². The van der Waals surface area contributed by atoms with Crippen molar-refractivity contribution in [2.75, 3.05) is 5.32 Å². The van der Waals surface area contributed by atoms with Crippen LogP contribution in [0.4, 0.5) is 23.7 Å². The quantitative estimate of drug-likeness (QED) is 0.892. The third kappa shape index (κ3) is 4.64. The minimum atomic E-state index is -4.75. The molecule has 20 heavy (non-hydrogen) atoms. The highest BCUT2D eigenvalue weighted by molar-refractivity contribution is 5.89. The number of alkyl halides is 3. The Labute approximate surface area is 114 Å². The van der Waals surface area contributed by atoms with Crippen molar-refractivity contribution in [2.24, 2.45) is 0 Å². The molecule has 0 radical (unpaired) electrons. The third-order valence-corrected chi connectivity index (χ3v) is 3.02. The van der Waals surface area contributed by atoms with Gasteiger partial charge in [-0.05, 0) is 25.0 Å². The van der Waals surface area contributed by atoms with Crippen molar-refractivity contribution in [3.8, 4) is 5.75 Å². The SMILES string of the molecule is O=C(Nc1cccc(OC(F)(F)F)c1)NC1CCCC1. The van der Waals surface area contributed by atoms with Crippen LogP contribution in [-0.2, 0) is 0 Å². The predicted molar refractivity (Wildman–Crippen MR) is 67.5 cm³/mol. The van der Waals surface area contributed by atoms with E-state index in [0.717, 1.165) is 31.7 Å². The summed E-state index contributed by atoms with van der Waals surface area (Å²) in [7, 11) is 0. The molecule has 1 fully saturated rings. The molecule has 0 atom stereocenters. The molecule has 0 saturated heterocycles. The zero-order chi connectivity index (χ0) is 14.6. The van der Waals surface area contributed by atoms with Crippen molar-refractivity contribution in [3.05, 3.63) is 24.3 Å². The van der Waals surface area contributed by atoms with Crippen LogP contribution in [0.2, 0.25) is 0 Å². The highest BCUT2D eigenvalue weighted by Crippen LogP contribution is 2.25. The first-order valence-electron chi connectivity index (χ1n) is 6.36. The van der Waals surface area contributed by atoms with E-state index < -0.39 is 12.4 Å². The number of benzene rings is 1.